The molecule has 2 aromatic rings. The molecule has 2 heterocycles. The van der Waals surface area contributed by atoms with Crippen molar-refractivity contribution in [2.24, 2.45) is 0 Å². The van der Waals surface area contributed by atoms with Crippen molar-refractivity contribution in [3.05, 3.63) is 32.4 Å². The lowest BCUT2D eigenvalue weighted by atomic mass is 10.2. The molecule has 0 aromatic carbocycles. The van der Waals surface area contributed by atoms with Gasteiger partial charge in [0.05, 0.1) is 6.54 Å². The number of aromatic nitrogens is 1. The summed E-state index contributed by atoms with van der Waals surface area (Å²) >= 11 is 9.06. The number of halogens is 1. The zero-order valence-electron chi connectivity index (χ0n) is 8.29. The van der Waals surface area contributed by atoms with Crippen LogP contribution in [0, 0.1) is 0 Å². The topological polar surface area (TPSA) is 24.9 Å². The maximum absolute atomic E-state index is 5.74. The molecule has 2 nitrogen and oxygen atoms in total. The molecule has 0 aliphatic carbocycles. The van der Waals surface area contributed by atoms with Gasteiger partial charge in [-0.2, -0.15) is 0 Å². The number of hydrogen-bond donors (Lipinski definition) is 1. The van der Waals surface area contributed by atoms with E-state index in [1.807, 2.05) is 5.38 Å². The van der Waals surface area contributed by atoms with Crippen LogP contribution in [0.5, 0.6) is 0 Å². The summed E-state index contributed by atoms with van der Waals surface area (Å²) in [5, 5.41) is 8.68. The molecule has 1 N–H and O–H groups in total. The van der Waals surface area contributed by atoms with Crippen LogP contribution in [0.4, 0.5) is 5.13 Å². The van der Waals surface area contributed by atoms with Crippen LogP contribution < -0.4 is 5.32 Å². The van der Waals surface area contributed by atoms with Gasteiger partial charge in [0.15, 0.2) is 5.13 Å². The third-order valence-corrected chi connectivity index (χ3v) is 4.18. The van der Waals surface area contributed by atoms with Crippen molar-refractivity contribution in [3.63, 3.8) is 0 Å². The van der Waals surface area contributed by atoms with Gasteiger partial charge in [-0.15, -0.1) is 22.7 Å². The molecule has 0 saturated carbocycles. The lowest BCUT2D eigenvalue weighted by molar-refractivity contribution is 1.08. The maximum atomic E-state index is 5.74. The minimum Gasteiger partial charge on any atom is -0.357 e. The average molecular weight is 259 g/mol. The number of thiazole rings is 1. The summed E-state index contributed by atoms with van der Waals surface area (Å²) in [6.45, 7) is 3.01. The van der Waals surface area contributed by atoms with Crippen LogP contribution in [0.15, 0.2) is 16.8 Å². The fourth-order valence-electron chi connectivity index (χ4n) is 1.33. The Morgan fingerprint density at radius 1 is 1.47 bits per heavy atom. The van der Waals surface area contributed by atoms with Crippen molar-refractivity contribution in [2.45, 2.75) is 19.9 Å². The Morgan fingerprint density at radius 3 is 3.00 bits per heavy atom. The highest BCUT2D eigenvalue weighted by Gasteiger charge is 2.03. The number of hydrogen-bond acceptors (Lipinski definition) is 4. The van der Waals surface area contributed by atoms with E-state index in [2.05, 4.69) is 28.7 Å². The molecule has 0 amide bonds. The summed E-state index contributed by atoms with van der Waals surface area (Å²) in [6.07, 6.45) is 1.08. The van der Waals surface area contributed by atoms with Gasteiger partial charge in [0.25, 0.3) is 0 Å². The van der Waals surface area contributed by atoms with E-state index >= 15 is 0 Å². The Labute approximate surface area is 102 Å². The largest absolute Gasteiger partial charge is 0.357 e. The normalized spacial score (nSPS) is 10.5. The van der Waals surface area contributed by atoms with E-state index in [1.54, 1.807) is 11.3 Å². The zero-order chi connectivity index (χ0) is 10.7. The molecule has 0 unspecified atom stereocenters. The van der Waals surface area contributed by atoms with Crippen LogP contribution in [0.3, 0.4) is 0 Å². The monoisotopic (exact) mass is 258 g/mol. The number of aryl methyl sites for hydroxylation is 1. The molecule has 0 radical (unpaired) electrons. The standard InChI is InChI=1S/C10H11ClN2S2/c1-2-7-3-4-14-8(7)5-12-10-13-9(11)6-15-10/h3-4,6H,2,5H2,1H3,(H,12,13). The van der Waals surface area contributed by atoms with Crippen LogP contribution in [0.25, 0.3) is 0 Å². The molecule has 80 valence electrons. The highest BCUT2D eigenvalue weighted by atomic mass is 35.5. The number of nitrogens with zero attached hydrogens (tertiary/aromatic N) is 1. The highest BCUT2D eigenvalue weighted by molar-refractivity contribution is 7.14. The number of anilines is 1. The first-order valence-corrected chi connectivity index (χ1v) is 6.83. The Bertz CT molecular complexity index is 436. The third kappa shape index (κ3) is 2.71. The Kier molecular flexibility index (Phi) is 3.61. The van der Waals surface area contributed by atoms with Gasteiger partial charge in [-0.05, 0) is 23.4 Å². The van der Waals surface area contributed by atoms with Crippen molar-refractivity contribution in [1.82, 2.24) is 4.98 Å². The molecule has 0 aliphatic rings. The summed E-state index contributed by atoms with van der Waals surface area (Å²) in [6, 6.07) is 2.18. The van der Waals surface area contributed by atoms with E-state index in [0.29, 0.717) is 5.15 Å². The summed E-state index contributed by atoms with van der Waals surface area (Å²) in [5.41, 5.74) is 1.41. The summed E-state index contributed by atoms with van der Waals surface area (Å²) < 4.78 is 0. The molecule has 2 rings (SSSR count). The van der Waals surface area contributed by atoms with Crippen LogP contribution in [-0.2, 0) is 13.0 Å². The van der Waals surface area contributed by atoms with Gasteiger partial charge in [-0.1, -0.05) is 18.5 Å². The lowest BCUT2D eigenvalue weighted by Crippen LogP contribution is -1.98. The van der Waals surface area contributed by atoms with Crippen LogP contribution in [0.2, 0.25) is 5.15 Å². The van der Waals surface area contributed by atoms with Crippen LogP contribution in [0.1, 0.15) is 17.4 Å². The minimum absolute atomic E-state index is 0.560. The molecule has 0 saturated heterocycles. The predicted molar refractivity (Wildman–Crippen MR) is 68.1 cm³/mol. The number of rotatable bonds is 4. The molecular formula is C10H11ClN2S2. The number of nitrogens with one attached hydrogen (secondary N) is 1. The number of thiophene rings is 1. The van der Waals surface area contributed by atoms with E-state index in [0.717, 1.165) is 18.1 Å². The van der Waals surface area contributed by atoms with E-state index in [1.165, 1.54) is 21.8 Å². The van der Waals surface area contributed by atoms with E-state index in [9.17, 15) is 0 Å². The summed E-state index contributed by atoms with van der Waals surface area (Å²) in [4.78, 5) is 5.52. The molecule has 5 heteroatoms. The van der Waals surface area contributed by atoms with E-state index < -0.39 is 0 Å². The Morgan fingerprint density at radius 2 is 2.33 bits per heavy atom. The minimum atomic E-state index is 0.560. The highest BCUT2D eigenvalue weighted by Crippen LogP contribution is 2.22. The zero-order valence-corrected chi connectivity index (χ0v) is 10.7. The second-order valence-corrected chi connectivity index (χ2v) is 5.30. The molecular weight excluding hydrogens is 248 g/mol. The Hall–Kier alpha value is -0.580. The molecule has 0 atom stereocenters. The first-order chi connectivity index (χ1) is 7.29. The third-order valence-electron chi connectivity index (χ3n) is 2.09. The summed E-state index contributed by atoms with van der Waals surface area (Å²) in [5.74, 6) is 0. The second-order valence-electron chi connectivity index (χ2n) is 3.05. The quantitative estimate of drug-likeness (QED) is 0.896. The van der Waals surface area contributed by atoms with Crippen molar-refractivity contribution < 1.29 is 0 Å². The first-order valence-electron chi connectivity index (χ1n) is 4.69. The van der Waals surface area contributed by atoms with Crippen molar-refractivity contribution in [2.75, 3.05) is 5.32 Å². The first kappa shape index (κ1) is 10.9. The van der Waals surface area contributed by atoms with Gasteiger partial charge in [0.1, 0.15) is 5.15 Å². The van der Waals surface area contributed by atoms with E-state index in [-0.39, 0.29) is 0 Å². The second kappa shape index (κ2) is 4.96. The Balaban J connectivity index is 1.98. The SMILES string of the molecule is CCc1ccsc1CNc1nc(Cl)cs1. The molecule has 0 fully saturated rings. The van der Waals surface area contributed by atoms with E-state index in [4.69, 9.17) is 11.6 Å². The van der Waals surface area contributed by atoms with Crippen molar-refractivity contribution in [1.29, 1.82) is 0 Å². The van der Waals surface area contributed by atoms with Crippen LogP contribution >= 0.6 is 34.3 Å². The fourth-order valence-corrected chi connectivity index (χ4v) is 3.08. The van der Waals surface area contributed by atoms with Crippen LogP contribution in [-0.4, -0.2) is 4.98 Å². The lowest BCUT2D eigenvalue weighted by Gasteiger charge is -2.02. The summed E-state index contributed by atoms with van der Waals surface area (Å²) in [7, 11) is 0. The molecule has 0 spiro atoms. The van der Waals surface area contributed by atoms with Gasteiger partial charge in [-0.3, -0.25) is 0 Å². The van der Waals surface area contributed by atoms with Gasteiger partial charge >= 0.3 is 0 Å². The van der Waals surface area contributed by atoms with Crippen molar-refractivity contribution in [3.8, 4) is 0 Å². The maximum Gasteiger partial charge on any atom is 0.184 e. The smallest absolute Gasteiger partial charge is 0.184 e. The van der Waals surface area contributed by atoms with Gasteiger partial charge in [0, 0.05) is 10.3 Å². The average Bonchev–Trinajstić information content (AvgIpc) is 2.83. The predicted octanol–water partition coefficient (Wildman–Crippen LogP) is 4.03. The molecule has 0 bridgehead atoms. The van der Waals surface area contributed by atoms with Gasteiger partial charge < -0.3 is 5.32 Å². The van der Waals surface area contributed by atoms with Crippen molar-refractivity contribution >= 4 is 39.4 Å². The molecule has 2 aromatic heterocycles. The molecule has 0 aliphatic heterocycles. The fraction of sp³-hybridized carbons (Fsp3) is 0.300. The van der Waals surface area contributed by atoms with Gasteiger partial charge in [-0.25, -0.2) is 4.98 Å². The molecule has 15 heavy (non-hydrogen) atoms. The van der Waals surface area contributed by atoms with Gasteiger partial charge in [0.2, 0.25) is 0 Å².